The Bertz CT molecular complexity index is 623. The van der Waals surface area contributed by atoms with Crippen molar-refractivity contribution < 1.29 is 4.79 Å². The topological polar surface area (TPSA) is 59.0 Å². The third-order valence-corrected chi connectivity index (χ3v) is 4.17. The summed E-state index contributed by atoms with van der Waals surface area (Å²) in [5, 5.41) is 10.7. The summed E-state index contributed by atoms with van der Waals surface area (Å²) in [5.74, 6) is 0.231. The van der Waals surface area contributed by atoms with Gasteiger partial charge in [0.05, 0.1) is 17.6 Å². The SMILES string of the molecule is CC(NC(=O)C1CCCNC1)c1cccc(-n2cccn2)c1.Cl. The summed E-state index contributed by atoms with van der Waals surface area (Å²) in [6, 6.07) is 10.00. The molecule has 0 radical (unpaired) electrons. The lowest BCUT2D eigenvalue weighted by Crippen LogP contribution is -2.41. The van der Waals surface area contributed by atoms with Gasteiger partial charge in [-0.3, -0.25) is 4.79 Å². The highest BCUT2D eigenvalue weighted by Gasteiger charge is 2.22. The largest absolute Gasteiger partial charge is 0.349 e. The van der Waals surface area contributed by atoms with Crippen LogP contribution in [0.1, 0.15) is 31.4 Å². The van der Waals surface area contributed by atoms with E-state index in [0.29, 0.717) is 0 Å². The third kappa shape index (κ3) is 4.33. The van der Waals surface area contributed by atoms with E-state index in [-0.39, 0.29) is 30.3 Å². The first kappa shape index (κ1) is 17.5. The lowest BCUT2D eigenvalue weighted by Gasteiger charge is -2.24. The van der Waals surface area contributed by atoms with Crippen molar-refractivity contribution >= 4 is 18.3 Å². The number of amides is 1. The van der Waals surface area contributed by atoms with Crippen LogP contribution >= 0.6 is 12.4 Å². The molecule has 124 valence electrons. The van der Waals surface area contributed by atoms with Crippen molar-refractivity contribution in [2.75, 3.05) is 13.1 Å². The smallest absolute Gasteiger partial charge is 0.224 e. The number of carbonyl (C=O) groups is 1. The molecule has 0 aliphatic carbocycles. The maximum atomic E-state index is 12.3. The fourth-order valence-electron chi connectivity index (χ4n) is 2.85. The van der Waals surface area contributed by atoms with E-state index in [9.17, 15) is 4.79 Å². The number of rotatable bonds is 4. The van der Waals surface area contributed by atoms with Crippen LogP contribution in [-0.2, 0) is 4.79 Å². The second kappa shape index (κ2) is 8.13. The molecule has 0 saturated carbocycles. The van der Waals surface area contributed by atoms with E-state index >= 15 is 0 Å². The molecule has 1 saturated heterocycles. The van der Waals surface area contributed by atoms with Gasteiger partial charge in [0, 0.05) is 18.9 Å². The summed E-state index contributed by atoms with van der Waals surface area (Å²) in [6.45, 7) is 3.83. The van der Waals surface area contributed by atoms with Gasteiger partial charge < -0.3 is 10.6 Å². The van der Waals surface area contributed by atoms with E-state index in [1.54, 1.807) is 6.20 Å². The number of nitrogens with zero attached hydrogens (tertiary/aromatic N) is 2. The normalized spacial score (nSPS) is 18.7. The van der Waals surface area contributed by atoms with E-state index in [4.69, 9.17) is 0 Å². The summed E-state index contributed by atoms with van der Waals surface area (Å²) in [5.41, 5.74) is 2.09. The molecule has 2 heterocycles. The number of benzene rings is 1. The molecule has 1 aromatic carbocycles. The molecule has 2 N–H and O–H groups in total. The van der Waals surface area contributed by atoms with Crippen LogP contribution in [0.2, 0.25) is 0 Å². The van der Waals surface area contributed by atoms with Gasteiger partial charge in [-0.2, -0.15) is 5.10 Å². The Morgan fingerprint density at radius 3 is 3.00 bits per heavy atom. The van der Waals surface area contributed by atoms with Gasteiger partial charge in [-0.05, 0) is 50.1 Å². The average Bonchev–Trinajstić information content (AvgIpc) is 3.10. The summed E-state index contributed by atoms with van der Waals surface area (Å²) in [7, 11) is 0. The molecule has 5 nitrogen and oxygen atoms in total. The molecule has 2 aromatic rings. The molecule has 1 amide bonds. The van der Waals surface area contributed by atoms with Gasteiger partial charge in [0.1, 0.15) is 0 Å². The minimum absolute atomic E-state index is 0. The first-order valence-electron chi connectivity index (χ1n) is 7.85. The maximum absolute atomic E-state index is 12.3. The highest BCUT2D eigenvalue weighted by atomic mass is 35.5. The quantitative estimate of drug-likeness (QED) is 0.903. The highest BCUT2D eigenvalue weighted by molar-refractivity contribution is 5.85. The Labute approximate surface area is 142 Å². The lowest BCUT2D eigenvalue weighted by molar-refractivity contribution is -0.126. The van der Waals surface area contributed by atoms with E-state index < -0.39 is 0 Å². The van der Waals surface area contributed by atoms with E-state index in [1.807, 2.05) is 42.1 Å². The molecule has 23 heavy (non-hydrogen) atoms. The van der Waals surface area contributed by atoms with Crippen molar-refractivity contribution in [3.05, 3.63) is 48.3 Å². The van der Waals surface area contributed by atoms with Gasteiger partial charge in [-0.25, -0.2) is 4.68 Å². The van der Waals surface area contributed by atoms with Gasteiger partial charge in [-0.15, -0.1) is 12.4 Å². The third-order valence-electron chi connectivity index (χ3n) is 4.17. The molecule has 1 aromatic heterocycles. The van der Waals surface area contributed by atoms with Crippen molar-refractivity contribution in [2.45, 2.75) is 25.8 Å². The predicted octanol–water partition coefficient (Wildman–Crippen LogP) is 2.47. The zero-order valence-corrected chi connectivity index (χ0v) is 14.1. The number of nitrogens with one attached hydrogen (secondary N) is 2. The summed E-state index contributed by atoms with van der Waals surface area (Å²) < 4.78 is 1.82. The zero-order chi connectivity index (χ0) is 15.4. The Balaban J connectivity index is 0.00000192. The Hall–Kier alpha value is -1.85. The van der Waals surface area contributed by atoms with Crippen LogP contribution in [0.4, 0.5) is 0 Å². The van der Waals surface area contributed by atoms with Gasteiger partial charge in [0.2, 0.25) is 5.91 Å². The molecule has 2 unspecified atom stereocenters. The van der Waals surface area contributed by atoms with Crippen LogP contribution < -0.4 is 10.6 Å². The van der Waals surface area contributed by atoms with Crippen LogP contribution in [-0.4, -0.2) is 28.8 Å². The van der Waals surface area contributed by atoms with E-state index in [1.165, 1.54) is 0 Å². The number of aromatic nitrogens is 2. The first-order chi connectivity index (χ1) is 10.7. The van der Waals surface area contributed by atoms with Crippen molar-refractivity contribution in [3.8, 4) is 5.69 Å². The number of hydrogen-bond donors (Lipinski definition) is 2. The molecule has 2 atom stereocenters. The van der Waals surface area contributed by atoms with Crippen LogP contribution in [0.3, 0.4) is 0 Å². The van der Waals surface area contributed by atoms with E-state index in [2.05, 4.69) is 21.8 Å². The predicted molar refractivity (Wildman–Crippen MR) is 93.0 cm³/mol. The first-order valence-corrected chi connectivity index (χ1v) is 7.85. The fourth-order valence-corrected chi connectivity index (χ4v) is 2.85. The summed E-state index contributed by atoms with van der Waals surface area (Å²) in [4.78, 5) is 12.3. The Morgan fingerprint density at radius 1 is 1.43 bits per heavy atom. The van der Waals surface area contributed by atoms with Gasteiger partial charge in [0.25, 0.3) is 0 Å². The molecule has 1 aliphatic rings. The van der Waals surface area contributed by atoms with E-state index in [0.717, 1.165) is 37.2 Å². The van der Waals surface area contributed by atoms with Crippen LogP contribution in [0.25, 0.3) is 5.69 Å². The second-order valence-electron chi connectivity index (χ2n) is 5.82. The fraction of sp³-hybridized carbons (Fsp3) is 0.412. The minimum Gasteiger partial charge on any atom is -0.349 e. The molecule has 1 fully saturated rings. The number of piperidine rings is 1. The Kier molecular flexibility index (Phi) is 6.19. The van der Waals surface area contributed by atoms with Crippen molar-refractivity contribution in [3.63, 3.8) is 0 Å². The molecule has 3 rings (SSSR count). The zero-order valence-electron chi connectivity index (χ0n) is 13.2. The highest BCUT2D eigenvalue weighted by Crippen LogP contribution is 2.18. The molecule has 0 spiro atoms. The van der Waals surface area contributed by atoms with Crippen molar-refractivity contribution in [2.24, 2.45) is 5.92 Å². The van der Waals surface area contributed by atoms with Crippen molar-refractivity contribution in [1.82, 2.24) is 20.4 Å². The number of halogens is 1. The average molecular weight is 335 g/mol. The summed E-state index contributed by atoms with van der Waals surface area (Å²) >= 11 is 0. The standard InChI is InChI=1S/C17H22N4O.ClH/c1-13(20-17(22)15-6-3-8-18-12-15)14-5-2-7-16(11-14)21-10-4-9-19-21;/h2,4-5,7,9-11,13,15,18H,3,6,8,12H2,1H3,(H,20,22);1H. The molecular weight excluding hydrogens is 312 g/mol. The van der Waals surface area contributed by atoms with Crippen LogP contribution in [0.15, 0.2) is 42.7 Å². The monoisotopic (exact) mass is 334 g/mol. The second-order valence-corrected chi connectivity index (χ2v) is 5.82. The van der Waals surface area contributed by atoms with Crippen molar-refractivity contribution in [1.29, 1.82) is 0 Å². The number of carbonyl (C=O) groups excluding carboxylic acids is 1. The molecule has 0 bridgehead atoms. The number of hydrogen-bond acceptors (Lipinski definition) is 3. The molecule has 1 aliphatic heterocycles. The van der Waals surface area contributed by atoms with Gasteiger partial charge >= 0.3 is 0 Å². The molecular formula is C17H23ClN4O. The summed E-state index contributed by atoms with van der Waals surface area (Å²) in [6.07, 6.45) is 5.71. The maximum Gasteiger partial charge on any atom is 0.224 e. The van der Waals surface area contributed by atoms with Gasteiger partial charge in [0.15, 0.2) is 0 Å². The molecule has 6 heteroatoms. The Morgan fingerprint density at radius 2 is 2.30 bits per heavy atom. The lowest BCUT2D eigenvalue weighted by atomic mass is 9.98. The minimum atomic E-state index is -0.00932. The van der Waals surface area contributed by atoms with Gasteiger partial charge in [-0.1, -0.05) is 12.1 Å². The van der Waals surface area contributed by atoms with Crippen LogP contribution in [0.5, 0.6) is 0 Å². The van der Waals surface area contributed by atoms with Crippen LogP contribution in [0, 0.1) is 5.92 Å².